The molecule has 128 valence electrons. The number of hydrogen-bond acceptors (Lipinski definition) is 3. The summed E-state index contributed by atoms with van der Waals surface area (Å²) in [4.78, 5) is 12.1. The van der Waals surface area contributed by atoms with E-state index in [9.17, 15) is 13.2 Å². The maximum Gasteiger partial charge on any atom is 0.232 e. The number of amides is 1. The molecular formula is C17H19ClN2O3S. The number of nitrogens with one attached hydrogen (secondary N) is 1. The van der Waals surface area contributed by atoms with Crippen LogP contribution in [0.4, 0.5) is 11.4 Å². The van der Waals surface area contributed by atoms with Crippen molar-refractivity contribution in [3.63, 3.8) is 0 Å². The van der Waals surface area contributed by atoms with E-state index in [1.807, 2.05) is 19.1 Å². The molecule has 0 saturated heterocycles. The van der Waals surface area contributed by atoms with Crippen molar-refractivity contribution in [3.05, 3.63) is 59.1 Å². The van der Waals surface area contributed by atoms with Crippen LogP contribution in [0.15, 0.2) is 48.5 Å². The second-order valence-corrected chi connectivity index (χ2v) is 7.82. The van der Waals surface area contributed by atoms with E-state index in [4.69, 9.17) is 11.6 Å². The number of carbonyl (C=O) groups excluding carboxylic acids is 1. The van der Waals surface area contributed by atoms with Crippen LogP contribution in [0.5, 0.6) is 0 Å². The molecule has 0 fully saturated rings. The molecule has 0 heterocycles. The maximum atomic E-state index is 12.1. The van der Waals surface area contributed by atoms with Crippen molar-refractivity contribution in [1.82, 2.24) is 0 Å². The average molecular weight is 367 g/mol. The van der Waals surface area contributed by atoms with Crippen molar-refractivity contribution >= 4 is 38.9 Å². The molecule has 0 unspecified atom stereocenters. The van der Waals surface area contributed by atoms with Crippen LogP contribution >= 0.6 is 11.6 Å². The lowest BCUT2D eigenvalue weighted by Crippen LogP contribution is -2.33. The summed E-state index contributed by atoms with van der Waals surface area (Å²) < 4.78 is 25.2. The number of aryl methyl sites for hydroxylation is 1. The zero-order valence-electron chi connectivity index (χ0n) is 13.5. The van der Waals surface area contributed by atoms with Gasteiger partial charge in [0.15, 0.2) is 0 Å². The van der Waals surface area contributed by atoms with Gasteiger partial charge in [0, 0.05) is 23.7 Å². The minimum Gasteiger partial charge on any atom is -0.326 e. The molecule has 0 atom stereocenters. The van der Waals surface area contributed by atoms with Gasteiger partial charge in [0.05, 0.1) is 11.9 Å². The Morgan fingerprint density at radius 1 is 1.17 bits per heavy atom. The summed E-state index contributed by atoms with van der Waals surface area (Å²) in [5.41, 5.74) is 2.21. The molecule has 2 aromatic carbocycles. The van der Waals surface area contributed by atoms with Gasteiger partial charge in [0.2, 0.25) is 15.9 Å². The summed E-state index contributed by atoms with van der Waals surface area (Å²) in [6.07, 6.45) is 1.14. The number of halogens is 1. The molecule has 0 saturated carbocycles. The van der Waals surface area contributed by atoms with Gasteiger partial charge in [-0.3, -0.25) is 9.10 Å². The van der Waals surface area contributed by atoms with Gasteiger partial charge in [-0.1, -0.05) is 35.4 Å². The summed E-state index contributed by atoms with van der Waals surface area (Å²) >= 11 is 5.92. The Bertz CT molecular complexity index is 820. The first kappa shape index (κ1) is 18.3. The third-order valence-electron chi connectivity index (χ3n) is 3.37. The maximum absolute atomic E-state index is 12.1. The topological polar surface area (TPSA) is 66.5 Å². The SMILES string of the molecule is Cc1ccc(NC(=O)CCN(c2cccc(Cl)c2)S(C)(=O)=O)cc1. The van der Waals surface area contributed by atoms with Crippen molar-refractivity contribution in [1.29, 1.82) is 0 Å². The van der Waals surface area contributed by atoms with Gasteiger partial charge < -0.3 is 5.32 Å². The predicted molar refractivity (Wildman–Crippen MR) is 98.1 cm³/mol. The highest BCUT2D eigenvalue weighted by molar-refractivity contribution is 7.92. The van der Waals surface area contributed by atoms with Crippen LogP contribution in [0.1, 0.15) is 12.0 Å². The van der Waals surface area contributed by atoms with E-state index in [-0.39, 0.29) is 18.9 Å². The molecule has 1 amide bonds. The highest BCUT2D eigenvalue weighted by Gasteiger charge is 2.18. The minimum absolute atomic E-state index is 0.0352. The fourth-order valence-corrected chi connectivity index (χ4v) is 3.29. The van der Waals surface area contributed by atoms with Crippen LogP contribution in [0.3, 0.4) is 0 Å². The summed E-state index contributed by atoms with van der Waals surface area (Å²) in [5, 5.41) is 3.19. The molecule has 1 N–H and O–H groups in total. The third kappa shape index (κ3) is 5.25. The number of nitrogens with zero attached hydrogens (tertiary/aromatic N) is 1. The Kier molecular flexibility index (Phi) is 5.85. The fourth-order valence-electron chi connectivity index (χ4n) is 2.18. The van der Waals surface area contributed by atoms with E-state index in [0.29, 0.717) is 16.4 Å². The fraction of sp³-hybridized carbons (Fsp3) is 0.235. The van der Waals surface area contributed by atoms with Gasteiger partial charge >= 0.3 is 0 Å². The molecule has 2 rings (SSSR count). The smallest absolute Gasteiger partial charge is 0.232 e. The van der Waals surface area contributed by atoms with Crippen LogP contribution in [0.25, 0.3) is 0 Å². The normalized spacial score (nSPS) is 11.1. The Morgan fingerprint density at radius 3 is 2.42 bits per heavy atom. The highest BCUT2D eigenvalue weighted by atomic mass is 35.5. The van der Waals surface area contributed by atoms with Gasteiger partial charge in [-0.2, -0.15) is 0 Å². The number of benzene rings is 2. The van der Waals surface area contributed by atoms with Crippen molar-refractivity contribution < 1.29 is 13.2 Å². The van der Waals surface area contributed by atoms with Gasteiger partial charge in [0.1, 0.15) is 0 Å². The molecule has 0 radical (unpaired) electrons. The summed E-state index contributed by atoms with van der Waals surface area (Å²) in [6.45, 7) is 2.00. The van der Waals surface area contributed by atoms with Crippen molar-refractivity contribution in [2.75, 3.05) is 22.4 Å². The molecule has 2 aromatic rings. The number of anilines is 2. The zero-order chi connectivity index (χ0) is 17.7. The number of hydrogen-bond donors (Lipinski definition) is 1. The molecule has 5 nitrogen and oxygen atoms in total. The number of carbonyl (C=O) groups is 1. The van der Waals surface area contributed by atoms with Gasteiger partial charge in [-0.25, -0.2) is 8.42 Å². The van der Waals surface area contributed by atoms with E-state index in [1.54, 1.807) is 36.4 Å². The largest absolute Gasteiger partial charge is 0.326 e. The second kappa shape index (κ2) is 7.68. The molecular weight excluding hydrogens is 348 g/mol. The van der Waals surface area contributed by atoms with Gasteiger partial charge in [-0.15, -0.1) is 0 Å². The van der Waals surface area contributed by atoms with Crippen molar-refractivity contribution in [2.45, 2.75) is 13.3 Å². The van der Waals surface area contributed by atoms with Crippen molar-refractivity contribution in [2.24, 2.45) is 0 Å². The molecule has 0 aliphatic carbocycles. The van der Waals surface area contributed by atoms with E-state index in [1.165, 1.54) is 4.31 Å². The van der Waals surface area contributed by atoms with Gasteiger partial charge in [-0.05, 0) is 37.3 Å². The quantitative estimate of drug-likeness (QED) is 0.851. The van der Waals surface area contributed by atoms with E-state index >= 15 is 0 Å². The second-order valence-electron chi connectivity index (χ2n) is 5.48. The summed E-state index contributed by atoms with van der Waals surface area (Å²) in [5.74, 6) is -0.255. The third-order valence-corrected chi connectivity index (χ3v) is 4.80. The first-order valence-corrected chi connectivity index (χ1v) is 9.58. The molecule has 0 spiro atoms. The van der Waals surface area contributed by atoms with Gasteiger partial charge in [0.25, 0.3) is 0 Å². The van der Waals surface area contributed by atoms with E-state index in [0.717, 1.165) is 11.8 Å². The first-order valence-electron chi connectivity index (χ1n) is 7.35. The Morgan fingerprint density at radius 2 is 1.83 bits per heavy atom. The summed E-state index contributed by atoms with van der Waals surface area (Å²) in [6, 6.07) is 13.9. The first-order chi connectivity index (χ1) is 11.3. The molecule has 0 bridgehead atoms. The monoisotopic (exact) mass is 366 g/mol. The molecule has 7 heteroatoms. The zero-order valence-corrected chi connectivity index (χ0v) is 15.1. The average Bonchev–Trinajstić information content (AvgIpc) is 2.48. The predicted octanol–water partition coefficient (Wildman–Crippen LogP) is 3.44. The van der Waals surface area contributed by atoms with Crippen molar-refractivity contribution in [3.8, 4) is 0 Å². The van der Waals surface area contributed by atoms with Crippen LogP contribution in [-0.4, -0.2) is 27.1 Å². The Labute approximate surface area is 147 Å². The molecule has 0 aliphatic heterocycles. The number of rotatable bonds is 6. The molecule has 0 aliphatic rings. The number of sulfonamides is 1. The Balaban J connectivity index is 2.05. The van der Waals surface area contributed by atoms with Crippen LogP contribution in [0, 0.1) is 6.92 Å². The summed E-state index contributed by atoms with van der Waals surface area (Å²) in [7, 11) is -3.51. The van der Waals surface area contributed by atoms with E-state index < -0.39 is 10.0 Å². The lowest BCUT2D eigenvalue weighted by Gasteiger charge is -2.22. The molecule has 0 aromatic heterocycles. The van der Waals surface area contributed by atoms with Crippen LogP contribution in [0.2, 0.25) is 5.02 Å². The van der Waals surface area contributed by atoms with Crippen LogP contribution < -0.4 is 9.62 Å². The molecule has 24 heavy (non-hydrogen) atoms. The van der Waals surface area contributed by atoms with E-state index in [2.05, 4.69) is 5.32 Å². The standard InChI is InChI=1S/C17H19ClN2O3S/c1-13-6-8-15(9-7-13)19-17(21)10-11-20(24(2,22)23)16-5-3-4-14(18)12-16/h3-9,12H,10-11H2,1-2H3,(H,19,21). The lowest BCUT2D eigenvalue weighted by atomic mass is 10.2. The van der Waals surface area contributed by atoms with Crippen LogP contribution in [-0.2, 0) is 14.8 Å². The Hall–Kier alpha value is -2.05. The lowest BCUT2D eigenvalue weighted by molar-refractivity contribution is -0.116. The minimum atomic E-state index is -3.51. The highest BCUT2D eigenvalue weighted by Crippen LogP contribution is 2.22.